The number of aliphatic hydroxyl groups is 1. The van der Waals surface area contributed by atoms with E-state index in [4.69, 9.17) is 4.74 Å². The number of likely N-dealkylation sites (tertiary alicyclic amines) is 1. The van der Waals surface area contributed by atoms with Crippen LogP contribution in [0.25, 0.3) is 0 Å². The van der Waals surface area contributed by atoms with E-state index in [9.17, 15) is 9.90 Å². The van der Waals surface area contributed by atoms with Gasteiger partial charge in [0.1, 0.15) is 5.69 Å². The molecule has 0 aromatic carbocycles. The quantitative estimate of drug-likeness (QED) is 0.859. The molecule has 0 radical (unpaired) electrons. The molecule has 3 fully saturated rings. The third-order valence-corrected chi connectivity index (χ3v) is 6.64. The van der Waals surface area contributed by atoms with E-state index >= 15 is 0 Å². The fourth-order valence-electron chi connectivity index (χ4n) is 5.04. The van der Waals surface area contributed by atoms with E-state index in [1.807, 2.05) is 17.0 Å². The average molecular weight is 359 g/mol. The number of carbonyl (C=O) groups excluding carboxylic acids is 1. The molecular weight excluding hydrogens is 330 g/mol. The molecule has 3 atom stereocenters. The Morgan fingerprint density at radius 2 is 2.15 bits per heavy atom. The minimum atomic E-state index is -0.356. The number of pyridine rings is 1. The van der Waals surface area contributed by atoms with Gasteiger partial charge in [-0.25, -0.2) is 0 Å². The molecule has 0 bridgehead atoms. The Labute approximate surface area is 154 Å². The Balaban J connectivity index is 1.55. The number of aromatic nitrogens is 1. The zero-order valence-corrected chi connectivity index (χ0v) is 15.5. The van der Waals surface area contributed by atoms with Gasteiger partial charge in [0.15, 0.2) is 0 Å². The van der Waals surface area contributed by atoms with Gasteiger partial charge in [-0.15, -0.1) is 0 Å². The van der Waals surface area contributed by atoms with Crippen LogP contribution in [0.5, 0.6) is 0 Å². The molecule has 142 valence electrons. The first kappa shape index (κ1) is 17.9. The van der Waals surface area contributed by atoms with Crippen molar-refractivity contribution in [1.29, 1.82) is 0 Å². The molecule has 6 nitrogen and oxygen atoms in total. The molecule has 2 N–H and O–H groups in total. The van der Waals surface area contributed by atoms with E-state index in [1.165, 1.54) is 5.56 Å². The lowest BCUT2D eigenvalue weighted by Crippen LogP contribution is -2.52. The Morgan fingerprint density at radius 1 is 1.35 bits per heavy atom. The summed E-state index contributed by atoms with van der Waals surface area (Å²) in [7, 11) is 1.73. The number of hydrogen-bond acceptors (Lipinski definition) is 5. The Bertz CT molecular complexity index is 661. The highest BCUT2D eigenvalue weighted by molar-refractivity contribution is 5.93. The summed E-state index contributed by atoms with van der Waals surface area (Å²) in [5.41, 5.74) is 1.43. The first-order valence-electron chi connectivity index (χ1n) is 9.84. The Morgan fingerprint density at radius 3 is 2.92 bits per heavy atom. The molecule has 3 heterocycles. The molecule has 1 saturated carbocycles. The molecule has 6 heteroatoms. The lowest BCUT2D eigenvalue weighted by Gasteiger charge is -2.42. The molecule has 1 aromatic heterocycles. The topological polar surface area (TPSA) is 74.7 Å². The maximum absolute atomic E-state index is 13.2. The molecule has 0 spiro atoms. The third kappa shape index (κ3) is 3.15. The molecule has 2 saturated heterocycles. The number of piperidine rings is 1. The number of ether oxygens (including phenoxy) is 1. The van der Waals surface area contributed by atoms with Crippen LogP contribution in [-0.2, 0) is 4.74 Å². The van der Waals surface area contributed by atoms with E-state index in [-0.39, 0.29) is 23.7 Å². The number of fused-ring (bicyclic) bond motifs is 1. The lowest BCUT2D eigenvalue weighted by molar-refractivity contribution is -0.0824. The summed E-state index contributed by atoms with van der Waals surface area (Å²) in [6.45, 7) is 2.72. The summed E-state index contributed by atoms with van der Waals surface area (Å²) in [5.74, 6) is 0.470. The van der Waals surface area contributed by atoms with E-state index in [1.54, 1.807) is 13.3 Å². The van der Waals surface area contributed by atoms with Gasteiger partial charge in [-0.1, -0.05) is 0 Å². The predicted octanol–water partition coefficient (Wildman–Crippen LogP) is 1.69. The van der Waals surface area contributed by atoms with Crippen molar-refractivity contribution in [3.8, 4) is 0 Å². The number of nitrogens with one attached hydrogen (secondary N) is 1. The second kappa shape index (κ2) is 7.25. The Kier molecular flexibility index (Phi) is 4.99. The molecule has 3 aliphatic rings. The smallest absolute Gasteiger partial charge is 0.272 e. The van der Waals surface area contributed by atoms with Crippen LogP contribution in [0.15, 0.2) is 18.3 Å². The summed E-state index contributed by atoms with van der Waals surface area (Å²) in [4.78, 5) is 19.5. The predicted molar refractivity (Wildman–Crippen MR) is 98.1 cm³/mol. The molecule has 1 aromatic rings. The van der Waals surface area contributed by atoms with Gasteiger partial charge in [-0.2, -0.15) is 0 Å². The van der Waals surface area contributed by atoms with Crippen LogP contribution in [-0.4, -0.2) is 65.4 Å². The minimum absolute atomic E-state index is 0.0289. The van der Waals surface area contributed by atoms with Crippen LogP contribution in [0.3, 0.4) is 0 Å². The van der Waals surface area contributed by atoms with E-state index in [2.05, 4.69) is 10.3 Å². The average Bonchev–Trinajstić information content (AvgIpc) is 3.07. The number of methoxy groups -OCH3 is 1. The summed E-state index contributed by atoms with van der Waals surface area (Å²) < 4.78 is 5.85. The molecule has 1 aliphatic carbocycles. The second-order valence-corrected chi connectivity index (χ2v) is 7.96. The molecule has 4 rings (SSSR count). The van der Waals surface area contributed by atoms with Gasteiger partial charge in [-0.05, 0) is 75.2 Å². The maximum atomic E-state index is 13.2. The van der Waals surface area contributed by atoms with E-state index in [0.717, 1.165) is 45.2 Å². The number of carbonyl (C=O) groups is 1. The van der Waals surface area contributed by atoms with Crippen LogP contribution >= 0.6 is 0 Å². The van der Waals surface area contributed by atoms with Crippen molar-refractivity contribution in [3.63, 3.8) is 0 Å². The monoisotopic (exact) mass is 359 g/mol. The maximum Gasteiger partial charge on any atom is 0.272 e. The highest BCUT2D eigenvalue weighted by Crippen LogP contribution is 2.43. The van der Waals surface area contributed by atoms with Crippen molar-refractivity contribution >= 4 is 5.91 Å². The normalized spacial score (nSPS) is 32.5. The van der Waals surface area contributed by atoms with Crippen molar-refractivity contribution < 1.29 is 14.6 Å². The first-order valence-corrected chi connectivity index (χ1v) is 9.84. The van der Waals surface area contributed by atoms with Gasteiger partial charge in [0.2, 0.25) is 0 Å². The van der Waals surface area contributed by atoms with Gasteiger partial charge in [0.25, 0.3) is 5.91 Å². The molecule has 2 aliphatic heterocycles. The van der Waals surface area contributed by atoms with Crippen molar-refractivity contribution in [2.24, 2.45) is 0 Å². The Hall–Kier alpha value is -1.50. The fraction of sp³-hybridized carbons (Fsp3) is 0.700. The largest absolute Gasteiger partial charge is 0.393 e. The van der Waals surface area contributed by atoms with E-state index < -0.39 is 0 Å². The van der Waals surface area contributed by atoms with Crippen molar-refractivity contribution in [3.05, 3.63) is 29.6 Å². The second-order valence-electron chi connectivity index (χ2n) is 7.96. The van der Waals surface area contributed by atoms with Crippen LogP contribution in [0, 0.1) is 0 Å². The molecule has 0 unspecified atom stereocenters. The summed E-state index contributed by atoms with van der Waals surface area (Å²) in [6.07, 6.45) is 6.59. The third-order valence-electron chi connectivity index (χ3n) is 6.64. The van der Waals surface area contributed by atoms with Gasteiger partial charge in [-0.3, -0.25) is 9.78 Å². The van der Waals surface area contributed by atoms with Gasteiger partial charge in [0.05, 0.1) is 17.7 Å². The molecular formula is C20H29N3O3. The zero-order chi connectivity index (χ0) is 18.1. The SMILES string of the molecule is CO[C@]12CC[C@@H](O)C[C@H]1N(C(=O)c1cc(C3CCNCC3)ccn1)CC2. The summed E-state index contributed by atoms with van der Waals surface area (Å²) in [6, 6.07) is 3.96. The lowest BCUT2D eigenvalue weighted by atomic mass is 9.79. The minimum Gasteiger partial charge on any atom is -0.393 e. The van der Waals surface area contributed by atoms with Gasteiger partial charge >= 0.3 is 0 Å². The van der Waals surface area contributed by atoms with Crippen LogP contribution in [0.4, 0.5) is 0 Å². The first-order chi connectivity index (χ1) is 12.6. The number of hydrogen-bond donors (Lipinski definition) is 2. The highest BCUT2D eigenvalue weighted by atomic mass is 16.5. The van der Waals surface area contributed by atoms with Crippen LogP contribution < -0.4 is 5.32 Å². The number of amides is 1. The number of aliphatic hydroxyl groups excluding tert-OH is 1. The van der Waals surface area contributed by atoms with Crippen molar-refractivity contribution in [1.82, 2.24) is 15.2 Å². The standard InChI is InChI=1S/C20H29N3O3/c1-26-20-6-2-16(24)13-18(20)23(11-7-20)19(25)17-12-15(5-10-22-17)14-3-8-21-9-4-14/h5,10,12,14,16,18,21,24H,2-4,6-9,11,13H2,1H3/t16-,18-,20+/m1/s1. The van der Waals surface area contributed by atoms with Crippen molar-refractivity contribution in [2.45, 2.75) is 62.2 Å². The van der Waals surface area contributed by atoms with Crippen molar-refractivity contribution in [2.75, 3.05) is 26.7 Å². The van der Waals surface area contributed by atoms with Crippen LogP contribution in [0.2, 0.25) is 0 Å². The molecule has 26 heavy (non-hydrogen) atoms. The summed E-state index contributed by atoms with van der Waals surface area (Å²) >= 11 is 0. The zero-order valence-electron chi connectivity index (χ0n) is 15.5. The van der Waals surface area contributed by atoms with Gasteiger partial charge < -0.3 is 20.1 Å². The van der Waals surface area contributed by atoms with Crippen LogP contribution in [0.1, 0.15) is 60.5 Å². The fourth-order valence-corrected chi connectivity index (χ4v) is 5.04. The summed E-state index contributed by atoms with van der Waals surface area (Å²) in [5, 5.41) is 13.5. The van der Waals surface area contributed by atoms with E-state index in [0.29, 0.717) is 24.6 Å². The number of nitrogens with zero attached hydrogens (tertiary/aromatic N) is 2. The van der Waals surface area contributed by atoms with Gasteiger partial charge in [0, 0.05) is 19.9 Å². The molecule has 1 amide bonds. The number of rotatable bonds is 3. The highest BCUT2D eigenvalue weighted by Gasteiger charge is 2.52.